The molecule has 0 aliphatic rings. The summed E-state index contributed by atoms with van der Waals surface area (Å²) in [5.41, 5.74) is 4.48. The first-order valence-corrected chi connectivity index (χ1v) is 6.60. The molecule has 19 heavy (non-hydrogen) atoms. The molecule has 0 saturated carbocycles. The van der Waals surface area contributed by atoms with Crippen molar-refractivity contribution < 1.29 is 4.39 Å². The molecule has 2 aromatic carbocycles. The summed E-state index contributed by atoms with van der Waals surface area (Å²) < 4.78 is 13.6. The third-order valence-corrected chi connectivity index (χ3v) is 3.83. The molecule has 2 rings (SSSR count). The largest absolute Gasteiger partial charge is 0.309 e. The number of halogens is 2. The molecule has 0 heterocycles. The molecular weight excluding hydrogens is 261 g/mol. The lowest BCUT2D eigenvalue weighted by molar-refractivity contribution is 0.616. The number of aryl methyl sites for hydroxylation is 1. The molecule has 3 heteroatoms. The zero-order chi connectivity index (χ0) is 14.0. The Balaban J connectivity index is 2.50. The number of benzene rings is 2. The van der Waals surface area contributed by atoms with Crippen LogP contribution in [-0.2, 0) is 0 Å². The van der Waals surface area contributed by atoms with Gasteiger partial charge in [-0.05, 0) is 55.3 Å². The van der Waals surface area contributed by atoms with E-state index in [0.29, 0.717) is 0 Å². The average Bonchev–Trinajstić information content (AvgIpc) is 2.39. The molecule has 0 bridgehead atoms. The van der Waals surface area contributed by atoms with E-state index < -0.39 is 0 Å². The first-order chi connectivity index (χ1) is 9.04. The molecule has 1 atom stereocenters. The van der Waals surface area contributed by atoms with Crippen LogP contribution in [0.5, 0.6) is 0 Å². The second kappa shape index (κ2) is 5.72. The second-order valence-corrected chi connectivity index (χ2v) is 5.09. The fourth-order valence-corrected chi connectivity index (χ4v) is 2.40. The van der Waals surface area contributed by atoms with Crippen LogP contribution in [0.3, 0.4) is 0 Å². The Morgan fingerprint density at radius 1 is 1.16 bits per heavy atom. The van der Waals surface area contributed by atoms with Gasteiger partial charge in [0.1, 0.15) is 5.82 Å². The predicted molar refractivity (Wildman–Crippen MR) is 78.2 cm³/mol. The van der Waals surface area contributed by atoms with Gasteiger partial charge < -0.3 is 5.32 Å². The molecular formula is C16H17ClFN. The van der Waals surface area contributed by atoms with Crippen LogP contribution in [0.25, 0.3) is 0 Å². The summed E-state index contributed by atoms with van der Waals surface area (Å²) in [6.45, 7) is 4.16. The average molecular weight is 278 g/mol. The summed E-state index contributed by atoms with van der Waals surface area (Å²) in [6, 6.07) is 11.1. The van der Waals surface area contributed by atoms with Crippen molar-refractivity contribution in [3.63, 3.8) is 0 Å². The zero-order valence-corrected chi connectivity index (χ0v) is 12.1. The molecule has 0 radical (unpaired) electrons. The molecule has 0 aromatic heterocycles. The van der Waals surface area contributed by atoms with Crippen molar-refractivity contribution in [2.75, 3.05) is 7.05 Å². The minimum absolute atomic E-state index is 0.0355. The molecule has 1 unspecified atom stereocenters. The Morgan fingerprint density at radius 2 is 1.89 bits per heavy atom. The van der Waals surface area contributed by atoms with Gasteiger partial charge in [0.15, 0.2) is 0 Å². The van der Waals surface area contributed by atoms with Crippen molar-refractivity contribution in [1.82, 2.24) is 5.32 Å². The highest BCUT2D eigenvalue weighted by molar-refractivity contribution is 6.30. The number of rotatable bonds is 3. The Bertz CT molecular complexity index is 595. The van der Waals surface area contributed by atoms with Crippen LogP contribution in [0.15, 0.2) is 36.4 Å². The highest BCUT2D eigenvalue weighted by atomic mass is 35.5. The summed E-state index contributed by atoms with van der Waals surface area (Å²) in [7, 11) is 1.87. The van der Waals surface area contributed by atoms with E-state index in [9.17, 15) is 4.39 Å². The molecule has 1 N–H and O–H groups in total. The molecule has 100 valence electrons. The topological polar surface area (TPSA) is 12.0 Å². The van der Waals surface area contributed by atoms with Crippen molar-refractivity contribution in [3.05, 3.63) is 69.5 Å². The van der Waals surface area contributed by atoms with E-state index in [1.165, 1.54) is 17.2 Å². The Kier molecular flexibility index (Phi) is 4.23. The van der Waals surface area contributed by atoms with E-state index in [1.807, 2.05) is 19.2 Å². The van der Waals surface area contributed by atoms with Crippen LogP contribution in [0.1, 0.15) is 28.3 Å². The van der Waals surface area contributed by atoms with Crippen LogP contribution in [0.2, 0.25) is 5.02 Å². The number of hydrogen-bond donors (Lipinski definition) is 1. The zero-order valence-electron chi connectivity index (χ0n) is 11.3. The first kappa shape index (κ1) is 14.0. The minimum atomic E-state index is -0.385. The van der Waals surface area contributed by atoms with Crippen LogP contribution >= 0.6 is 11.6 Å². The third-order valence-electron chi connectivity index (χ3n) is 3.52. The summed E-state index contributed by atoms with van der Waals surface area (Å²) in [6.07, 6.45) is 0. The van der Waals surface area contributed by atoms with Crippen molar-refractivity contribution in [3.8, 4) is 0 Å². The monoisotopic (exact) mass is 277 g/mol. The van der Waals surface area contributed by atoms with Gasteiger partial charge in [-0.2, -0.15) is 0 Å². The van der Waals surface area contributed by atoms with Gasteiger partial charge in [0.2, 0.25) is 0 Å². The van der Waals surface area contributed by atoms with Gasteiger partial charge in [0.25, 0.3) is 0 Å². The number of nitrogens with one attached hydrogen (secondary N) is 1. The van der Waals surface area contributed by atoms with Crippen LogP contribution < -0.4 is 5.32 Å². The van der Waals surface area contributed by atoms with Crippen LogP contribution in [0.4, 0.5) is 4.39 Å². The van der Waals surface area contributed by atoms with E-state index in [4.69, 9.17) is 11.6 Å². The summed E-state index contributed by atoms with van der Waals surface area (Å²) in [5, 5.41) is 3.39. The fourth-order valence-electron chi connectivity index (χ4n) is 2.28. The molecule has 0 amide bonds. The lowest BCUT2D eigenvalue weighted by Gasteiger charge is -2.20. The van der Waals surface area contributed by atoms with Crippen molar-refractivity contribution in [2.45, 2.75) is 19.9 Å². The maximum absolute atomic E-state index is 13.6. The molecule has 1 nitrogen and oxygen atoms in total. The van der Waals surface area contributed by atoms with Gasteiger partial charge in [-0.3, -0.25) is 0 Å². The van der Waals surface area contributed by atoms with Gasteiger partial charge in [0.05, 0.1) is 11.1 Å². The van der Waals surface area contributed by atoms with Gasteiger partial charge >= 0.3 is 0 Å². The molecule has 0 fully saturated rings. The van der Waals surface area contributed by atoms with Crippen molar-refractivity contribution >= 4 is 11.6 Å². The highest BCUT2D eigenvalue weighted by Crippen LogP contribution is 2.28. The molecule has 0 aliphatic heterocycles. The first-order valence-electron chi connectivity index (χ1n) is 6.23. The quantitative estimate of drug-likeness (QED) is 0.876. The maximum Gasteiger partial charge on any atom is 0.142 e. The van der Waals surface area contributed by atoms with Gasteiger partial charge in [-0.15, -0.1) is 0 Å². The third kappa shape index (κ3) is 2.80. The molecule has 0 aliphatic carbocycles. The van der Waals surface area contributed by atoms with Gasteiger partial charge in [-0.1, -0.05) is 35.9 Å². The molecule has 0 saturated heterocycles. The van der Waals surface area contributed by atoms with Crippen molar-refractivity contribution in [1.29, 1.82) is 0 Å². The minimum Gasteiger partial charge on any atom is -0.309 e. The Hall–Kier alpha value is -1.38. The smallest absolute Gasteiger partial charge is 0.142 e. The number of hydrogen-bond acceptors (Lipinski definition) is 1. The van der Waals surface area contributed by atoms with Crippen molar-refractivity contribution in [2.24, 2.45) is 0 Å². The Morgan fingerprint density at radius 3 is 2.53 bits per heavy atom. The summed E-state index contributed by atoms with van der Waals surface area (Å²) in [4.78, 5) is 0. The van der Waals surface area contributed by atoms with E-state index >= 15 is 0 Å². The van der Waals surface area contributed by atoms with E-state index in [-0.39, 0.29) is 16.9 Å². The maximum atomic E-state index is 13.6. The van der Waals surface area contributed by atoms with E-state index in [2.05, 4.69) is 31.3 Å². The van der Waals surface area contributed by atoms with Crippen LogP contribution in [0, 0.1) is 19.7 Å². The molecule has 2 aromatic rings. The second-order valence-electron chi connectivity index (χ2n) is 4.68. The lowest BCUT2D eigenvalue weighted by Crippen LogP contribution is -2.19. The standard InChI is InChI=1S/C16H17ClFN/c1-10-5-4-6-13(11(10)2)16(19-3)12-7-8-14(17)15(18)9-12/h4-9,16,19H,1-3H3. The normalized spacial score (nSPS) is 12.5. The SMILES string of the molecule is CNC(c1ccc(Cl)c(F)c1)c1cccc(C)c1C. The lowest BCUT2D eigenvalue weighted by atomic mass is 9.93. The summed E-state index contributed by atoms with van der Waals surface area (Å²) >= 11 is 5.74. The Labute approximate surface area is 118 Å². The molecule has 0 spiro atoms. The highest BCUT2D eigenvalue weighted by Gasteiger charge is 2.16. The van der Waals surface area contributed by atoms with E-state index in [0.717, 1.165) is 11.1 Å². The van der Waals surface area contributed by atoms with E-state index in [1.54, 1.807) is 6.07 Å². The fraction of sp³-hybridized carbons (Fsp3) is 0.250. The van der Waals surface area contributed by atoms with Crippen LogP contribution in [-0.4, -0.2) is 7.05 Å². The predicted octanol–water partition coefficient (Wildman–Crippen LogP) is 4.40. The van der Waals surface area contributed by atoms with Gasteiger partial charge in [0, 0.05) is 0 Å². The summed E-state index contributed by atoms with van der Waals surface area (Å²) in [5.74, 6) is -0.385. The van der Waals surface area contributed by atoms with Gasteiger partial charge in [-0.25, -0.2) is 4.39 Å².